The molecule has 88 valence electrons. The van der Waals surface area contributed by atoms with E-state index in [9.17, 15) is 0 Å². The number of hydrogen-bond donors (Lipinski definition) is 1. The van der Waals surface area contributed by atoms with Gasteiger partial charge in [-0.15, -0.1) is 0 Å². The first-order valence-electron chi connectivity index (χ1n) is 5.68. The van der Waals surface area contributed by atoms with Crippen LogP contribution in [0.15, 0.2) is 22.7 Å². The molecule has 0 aromatic heterocycles. The topological polar surface area (TPSA) is 21.3 Å². The van der Waals surface area contributed by atoms with Crippen LogP contribution in [0.25, 0.3) is 0 Å². The van der Waals surface area contributed by atoms with Gasteiger partial charge >= 0.3 is 0 Å². The molecule has 0 saturated carbocycles. The largest absolute Gasteiger partial charge is 0.380 e. The van der Waals surface area contributed by atoms with E-state index in [1.807, 2.05) is 0 Å². The Balaban J connectivity index is 2.26. The molecule has 1 heterocycles. The lowest BCUT2D eigenvalue weighted by Gasteiger charge is -2.25. The van der Waals surface area contributed by atoms with Crippen molar-refractivity contribution in [3.63, 3.8) is 0 Å². The third-order valence-electron chi connectivity index (χ3n) is 3.36. The summed E-state index contributed by atoms with van der Waals surface area (Å²) in [6.07, 6.45) is 2.47. The van der Waals surface area contributed by atoms with Crippen molar-refractivity contribution in [1.82, 2.24) is 5.32 Å². The van der Waals surface area contributed by atoms with Crippen molar-refractivity contribution < 1.29 is 4.74 Å². The zero-order valence-electron chi connectivity index (χ0n) is 9.85. The zero-order chi connectivity index (χ0) is 11.6. The molecule has 0 spiro atoms. The molecule has 2 rings (SSSR count). The van der Waals surface area contributed by atoms with Crippen molar-refractivity contribution in [2.45, 2.75) is 31.9 Å². The van der Waals surface area contributed by atoms with E-state index in [4.69, 9.17) is 4.74 Å². The summed E-state index contributed by atoms with van der Waals surface area (Å²) in [5.41, 5.74) is 2.71. The maximum Gasteiger partial charge on any atom is 0.0724 e. The van der Waals surface area contributed by atoms with Gasteiger partial charge in [0.2, 0.25) is 0 Å². The molecule has 1 N–H and O–H groups in total. The van der Waals surface area contributed by atoms with Crippen molar-refractivity contribution in [2.75, 3.05) is 13.7 Å². The standard InChI is InChI=1S/C13H18BrNO/c1-13(6-3-7-15-13)11-5-4-10(9-16-2)12(14)8-11/h4-5,8,15H,3,6-7,9H2,1-2H3. The Morgan fingerprint density at radius 1 is 1.50 bits per heavy atom. The molecule has 1 atom stereocenters. The van der Waals surface area contributed by atoms with Crippen molar-refractivity contribution in [3.05, 3.63) is 33.8 Å². The van der Waals surface area contributed by atoms with E-state index < -0.39 is 0 Å². The minimum Gasteiger partial charge on any atom is -0.380 e. The summed E-state index contributed by atoms with van der Waals surface area (Å²) < 4.78 is 6.29. The van der Waals surface area contributed by atoms with Gasteiger partial charge in [0.25, 0.3) is 0 Å². The number of benzene rings is 1. The molecule has 3 heteroatoms. The van der Waals surface area contributed by atoms with Gasteiger partial charge in [0.1, 0.15) is 0 Å². The maximum absolute atomic E-state index is 5.15. The summed E-state index contributed by atoms with van der Waals surface area (Å²) in [5.74, 6) is 0. The fourth-order valence-electron chi connectivity index (χ4n) is 2.30. The lowest BCUT2D eigenvalue weighted by molar-refractivity contribution is 0.184. The number of methoxy groups -OCH3 is 1. The third-order valence-corrected chi connectivity index (χ3v) is 4.10. The third kappa shape index (κ3) is 2.31. The summed E-state index contributed by atoms with van der Waals surface area (Å²) in [6.45, 7) is 4.05. The number of rotatable bonds is 3. The maximum atomic E-state index is 5.15. The molecular weight excluding hydrogens is 266 g/mol. The van der Waals surface area contributed by atoms with Gasteiger partial charge in [0, 0.05) is 17.1 Å². The highest BCUT2D eigenvalue weighted by molar-refractivity contribution is 9.10. The van der Waals surface area contributed by atoms with Gasteiger partial charge in [-0.1, -0.05) is 28.1 Å². The fraction of sp³-hybridized carbons (Fsp3) is 0.538. The van der Waals surface area contributed by atoms with E-state index in [-0.39, 0.29) is 5.54 Å². The van der Waals surface area contributed by atoms with Crippen molar-refractivity contribution in [2.24, 2.45) is 0 Å². The molecule has 0 radical (unpaired) electrons. The monoisotopic (exact) mass is 283 g/mol. The average molecular weight is 284 g/mol. The quantitative estimate of drug-likeness (QED) is 0.920. The molecule has 1 aliphatic heterocycles. The normalized spacial score (nSPS) is 24.9. The van der Waals surface area contributed by atoms with Crippen molar-refractivity contribution >= 4 is 15.9 Å². The van der Waals surface area contributed by atoms with Crippen molar-refractivity contribution in [1.29, 1.82) is 0 Å². The second kappa shape index (κ2) is 4.86. The van der Waals surface area contributed by atoms with Crippen LogP contribution in [-0.4, -0.2) is 13.7 Å². The lowest BCUT2D eigenvalue weighted by Crippen LogP contribution is -2.33. The molecule has 0 amide bonds. The molecule has 0 aliphatic carbocycles. The van der Waals surface area contributed by atoms with Crippen molar-refractivity contribution in [3.8, 4) is 0 Å². The van der Waals surface area contributed by atoms with Crippen LogP contribution in [0.4, 0.5) is 0 Å². The molecule has 1 fully saturated rings. The second-order valence-electron chi connectivity index (χ2n) is 4.60. The minimum atomic E-state index is 0.147. The molecule has 16 heavy (non-hydrogen) atoms. The van der Waals surface area contributed by atoms with Gasteiger partial charge in [-0.25, -0.2) is 0 Å². The Bertz CT molecular complexity index is 372. The van der Waals surface area contributed by atoms with Crippen LogP contribution in [0.5, 0.6) is 0 Å². The Morgan fingerprint density at radius 2 is 2.31 bits per heavy atom. The molecule has 0 bridgehead atoms. The Hall–Kier alpha value is -0.380. The Labute approximate surface area is 106 Å². The van der Waals surface area contributed by atoms with Crippen LogP contribution < -0.4 is 5.32 Å². The van der Waals surface area contributed by atoms with Gasteiger partial charge in [0.05, 0.1) is 6.61 Å². The number of halogens is 1. The Morgan fingerprint density at radius 3 is 2.88 bits per heavy atom. The minimum absolute atomic E-state index is 0.147. The first-order chi connectivity index (χ1) is 7.65. The van der Waals surface area contributed by atoms with Crippen LogP contribution in [0.1, 0.15) is 30.9 Å². The summed E-state index contributed by atoms with van der Waals surface area (Å²) in [7, 11) is 1.72. The van der Waals surface area contributed by atoms with Gasteiger partial charge in [-0.3, -0.25) is 0 Å². The molecule has 1 unspecified atom stereocenters. The van der Waals surface area contributed by atoms with Gasteiger partial charge in [-0.05, 0) is 43.5 Å². The predicted octanol–water partition coefficient (Wildman–Crippen LogP) is 3.19. The van der Waals surface area contributed by atoms with Crippen LogP contribution in [0.3, 0.4) is 0 Å². The van der Waals surface area contributed by atoms with E-state index in [0.29, 0.717) is 6.61 Å². The summed E-state index contributed by atoms with van der Waals surface area (Å²) >= 11 is 3.61. The first-order valence-corrected chi connectivity index (χ1v) is 6.48. The molecule has 1 saturated heterocycles. The fourth-order valence-corrected chi connectivity index (χ4v) is 2.80. The van der Waals surface area contributed by atoms with Gasteiger partial charge in [-0.2, -0.15) is 0 Å². The van der Waals surface area contributed by atoms with Crippen LogP contribution in [-0.2, 0) is 16.9 Å². The molecule has 1 aromatic rings. The van der Waals surface area contributed by atoms with E-state index >= 15 is 0 Å². The highest BCUT2D eigenvalue weighted by atomic mass is 79.9. The molecular formula is C13H18BrNO. The van der Waals surface area contributed by atoms with Crippen LogP contribution in [0.2, 0.25) is 0 Å². The average Bonchev–Trinajstić information content (AvgIpc) is 2.70. The number of ether oxygens (including phenoxy) is 1. The predicted molar refractivity (Wildman–Crippen MR) is 69.4 cm³/mol. The van der Waals surface area contributed by atoms with Gasteiger partial charge < -0.3 is 10.1 Å². The number of nitrogens with one attached hydrogen (secondary N) is 1. The van der Waals surface area contributed by atoms with E-state index in [1.54, 1.807) is 7.11 Å². The summed E-state index contributed by atoms with van der Waals surface area (Å²) in [6, 6.07) is 6.57. The van der Waals surface area contributed by atoms with Gasteiger partial charge in [0.15, 0.2) is 0 Å². The first kappa shape index (κ1) is 12.1. The lowest BCUT2D eigenvalue weighted by atomic mass is 9.90. The van der Waals surface area contributed by atoms with Crippen LogP contribution in [0, 0.1) is 0 Å². The van der Waals surface area contributed by atoms with Crippen LogP contribution >= 0.6 is 15.9 Å². The SMILES string of the molecule is COCc1ccc(C2(C)CCCN2)cc1Br. The molecule has 1 aliphatic rings. The smallest absolute Gasteiger partial charge is 0.0724 e. The van der Waals surface area contributed by atoms with E-state index in [2.05, 4.69) is 46.4 Å². The number of hydrogen-bond acceptors (Lipinski definition) is 2. The Kier molecular flexibility index (Phi) is 3.67. The highest BCUT2D eigenvalue weighted by Gasteiger charge is 2.30. The zero-order valence-corrected chi connectivity index (χ0v) is 11.4. The highest BCUT2D eigenvalue weighted by Crippen LogP contribution is 2.32. The molecule has 2 nitrogen and oxygen atoms in total. The second-order valence-corrected chi connectivity index (χ2v) is 5.46. The summed E-state index contributed by atoms with van der Waals surface area (Å²) in [4.78, 5) is 0. The molecule has 1 aromatic carbocycles. The van der Waals surface area contributed by atoms with E-state index in [0.717, 1.165) is 11.0 Å². The van der Waals surface area contributed by atoms with E-state index in [1.165, 1.54) is 24.0 Å². The summed E-state index contributed by atoms with van der Waals surface area (Å²) in [5, 5.41) is 3.58.